The van der Waals surface area contributed by atoms with Crippen molar-refractivity contribution in [2.75, 3.05) is 11.9 Å². The topological polar surface area (TPSA) is 12.0 Å². The number of nitrogens with one attached hydrogen (secondary N) is 1. The third-order valence-electron chi connectivity index (χ3n) is 2.99. The molecule has 2 rings (SSSR count). The molecule has 92 valence electrons. The molecule has 4 heteroatoms. The van der Waals surface area contributed by atoms with Gasteiger partial charge in [-0.15, -0.1) is 0 Å². The molecule has 1 nitrogen and oxygen atoms in total. The molecule has 1 unspecified atom stereocenters. The largest absolute Gasteiger partial charge is 0.382 e. The molecular formula is C13H14F3N. The predicted molar refractivity (Wildman–Crippen MR) is 61.3 cm³/mol. The Balaban J connectivity index is 1.99. The third kappa shape index (κ3) is 2.81. The molecule has 0 aromatic heterocycles. The van der Waals surface area contributed by atoms with Gasteiger partial charge in [-0.1, -0.05) is 12.2 Å². The number of halogens is 3. The van der Waals surface area contributed by atoms with E-state index in [9.17, 15) is 13.2 Å². The molecule has 1 aromatic carbocycles. The SMILES string of the molecule is Fc1ccc(NCC2CC=CCC2)c(F)c1F. The average Bonchev–Trinajstić information content (AvgIpc) is 2.36. The van der Waals surface area contributed by atoms with Gasteiger partial charge in [-0.25, -0.2) is 13.2 Å². The summed E-state index contributed by atoms with van der Waals surface area (Å²) in [6.07, 6.45) is 7.21. The van der Waals surface area contributed by atoms with Crippen molar-refractivity contribution in [3.05, 3.63) is 41.7 Å². The Bertz CT molecular complexity index is 429. The molecule has 1 aliphatic carbocycles. The van der Waals surface area contributed by atoms with Crippen LogP contribution in [0.3, 0.4) is 0 Å². The molecule has 0 amide bonds. The molecule has 0 saturated heterocycles. The van der Waals surface area contributed by atoms with Crippen molar-refractivity contribution in [1.29, 1.82) is 0 Å². The summed E-state index contributed by atoms with van der Waals surface area (Å²) in [4.78, 5) is 0. The molecule has 17 heavy (non-hydrogen) atoms. The van der Waals surface area contributed by atoms with Gasteiger partial charge < -0.3 is 5.32 Å². The van der Waals surface area contributed by atoms with E-state index in [2.05, 4.69) is 17.5 Å². The second-order valence-corrected chi connectivity index (χ2v) is 4.25. The summed E-state index contributed by atoms with van der Waals surface area (Å²) in [7, 11) is 0. The van der Waals surface area contributed by atoms with Crippen LogP contribution in [0.15, 0.2) is 24.3 Å². The van der Waals surface area contributed by atoms with Gasteiger partial charge in [-0.3, -0.25) is 0 Å². The van der Waals surface area contributed by atoms with Crippen LogP contribution in [0.4, 0.5) is 18.9 Å². The third-order valence-corrected chi connectivity index (χ3v) is 2.99. The van der Waals surface area contributed by atoms with Crippen molar-refractivity contribution in [3.63, 3.8) is 0 Å². The van der Waals surface area contributed by atoms with Crippen molar-refractivity contribution in [2.45, 2.75) is 19.3 Å². The molecule has 1 aliphatic rings. The highest BCUT2D eigenvalue weighted by atomic mass is 19.2. The summed E-state index contributed by atoms with van der Waals surface area (Å²) in [5.41, 5.74) is 0.0263. The van der Waals surface area contributed by atoms with Gasteiger partial charge in [0, 0.05) is 6.54 Å². The second-order valence-electron chi connectivity index (χ2n) is 4.25. The van der Waals surface area contributed by atoms with E-state index in [0.29, 0.717) is 12.5 Å². The summed E-state index contributed by atoms with van der Waals surface area (Å²) < 4.78 is 39.0. The normalized spacial score (nSPS) is 19.4. The predicted octanol–water partition coefficient (Wildman–Crippen LogP) is 3.87. The molecule has 0 bridgehead atoms. The summed E-state index contributed by atoms with van der Waals surface area (Å²) >= 11 is 0. The van der Waals surface area contributed by atoms with Crippen molar-refractivity contribution < 1.29 is 13.2 Å². The van der Waals surface area contributed by atoms with Gasteiger partial charge in [0.1, 0.15) is 0 Å². The number of allylic oxidation sites excluding steroid dienone is 2. The van der Waals surface area contributed by atoms with E-state index in [0.717, 1.165) is 25.3 Å². The first-order valence-electron chi connectivity index (χ1n) is 5.71. The summed E-state index contributed by atoms with van der Waals surface area (Å²) in [6.45, 7) is 0.576. The highest BCUT2D eigenvalue weighted by Crippen LogP contribution is 2.22. The maximum absolute atomic E-state index is 13.3. The fourth-order valence-corrected chi connectivity index (χ4v) is 1.96. The van der Waals surface area contributed by atoms with E-state index >= 15 is 0 Å². The maximum Gasteiger partial charge on any atom is 0.196 e. The van der Waals surface area contributed by atoms with Crippen LogP contribution in [-0.4, -0.2) is 6.54 Å². The van der Waals surface area contributed by atoms with Gasteiger partial charge >= 0.3 is 0 Å². The van der Waals surface area contributed by atoms with Gasteiger partial charge in [0.05, 0.1) is 5.69 Å². The minimum atomic E-state index is -1.42. The highest BCUT2D eigenvalue weighted by Gasteiger charge is 2.15. The lowest BCUT2D eigenvalue weighted by Crippen LogP contribution is -2.16. The van der Waals surface area contributed by atoms with Gasteiger partial charge in [0.15, 0.2) is 17.5 Å². The fourth-order valence-electron chi connectivity index (χ4n) is 1.96. The minimum Gasteiger partial charge on any atom is -0.382 e. The van der Waals surface area contributed by atoms with Gasteiger partial charge in [-0.05, 0) is 37.3 Å². The molecule has 1 N–H and O–H groups in total. The summed E-state index contributed by atoms with van der Waals surface area (Å²) in [5, 5.41) is 2.84. The Kier molecular flexibility index (Phi) is 3.71. The zero-order chi connectivity index (χ0) is 12.3. The molecule has 1 aromatic rings. The Morgan fingerprint density at radius 1 is 1.12 bits per heavy atom. The zero-order valence-electron chi connectivity index (χ0n) is 9.35. The van der Waals surface area contributed by atoms with Crippen molar-refractivity contribution in [2.24, 2.45) is 5.92 Å². The summed E-state index contributed by atoms with van der Waals surface area (Å²) in [5.74, 6) is -3.30. The van der Waals surface area contributed by atoms with E-state index in [1.807, 2.05) is 0 Å². The van der Waals surface area contributed by atoms with E-state index in [1.54, 1.807) is 0 Å². The Hall–Kier alpha value is -1.45. The first kappa shape index (κ1) is 12.0. The lowest BCUT2D eigenvalue weighted by molar-refractivity contribution is 0.447. The van der Waals surface area contributed by atoms with Gasteiger partial charge in [0.25, 0.3) is 0 Å². The molecule has 0 radical (unpaired) electrons. The van der Waals surface area contributed by atoms with Crippen LogP contribution in [0, 0.1) is 23.4 Å². The molecule has 0 spiro atoms. The van der Waals surface area contributed by atoms with Crippen molar-refractivity contribution in [3.8, 4) is 0 Å². The van der Waals surface area contributed by atoms with E-state index in [1.165, 1.54) is 6.07 Å². The number of benzene rings is 1. The number of anilines is 1. The van der Waals surface area contributed by atoms with Crippen LogP contribution in [0.25, 0.3) is 0 Å². The van der Waals surface area contributed by atoms with Crippen LogP contribution in [0.2, 0.25) is 0 Å². The highest BCUT2D eigenvalue weighted by molar-refractivity contribution is 5.45. The first-order chi connectivity index (χ1) is 8.18. The molecule has 1 atom stereocenters. The monoisotopic (exact) mass is 241 g/mol. The van der Waals surface area contributed by atoms with Crippen LogP contribution in [0.1, 0.15) is 19.3 Å². The Morgan fingerprint density at radius 2 is 1.94 bits per heavy atom. The minimum absolute atomic E-state index is 0.0263. The first-order valence-corrected chi connectivity index (χ1v) is 5.71. The smallest absolute Gasteiger partial charge is 0.196 e. The lowest BCUT2D eigenvalue weighted by Gasteiger charge is -2.19. The second kappa shape index (κ2) is 5.25. The van der Waals surface area contributed by atoms with Crippen LogP contribution >= 0.6 is 0 Å². The Labute approximate surface area is 98.3 Å². The molecular weight excluding hydrogens is 227 g/mol. The summed E-state index contributed by atoms with van der Waals surface area (Å²) in [6, 6.07) is 2.16. The number of rotatable bonds is 3. The molecule has 0 saturated carbocycles. The Morgan fingerprint density at radius 3 is 2.65 bits per heavy atom. The van der Waals surface area contributed by atoms with E-state index in [4.69, 9.17) is 0 Å². The standard InChI is InChI=1S/C13H14F3N/c14-10-6-7-11(13(16)12(10)15)17-8-9-4-2-1-3-5-9/h1-2,6-7,9,17H,3-5,8H2. The molecule has 0 aliphatic heterocycles. The van der Waals surface area contributed by atoms with E-state index < -0.39 is 17.5 Å². The average molecular weight is 241 g/mol. The van der Waals surface area contributed by atoms with E-state index in [-0.39, 0.29) is 5.69 Å². The van der Waals surface area contributed by atoms with Crippen LogP contribution in [0.5, 0.6) is 0 Å². The van der Waals surface area contributed by atoms with Gasteiger partial charge in [-0.2, -0.15) is 0 Å². The zero-order valence-corrected chi connectivity index (χ0v) is 9.35. The molecule has 0 fully saturated rings. The van der Waals surface area contributed by atoms with Crippen molar-refractivity contribution in [1.82, 2.24) is 0 Å². The number of hydrogen-bond donors (Lipinski definition) is 1. The fraction of sp³-hybridized carbons (Fsp3) is 0.385. The lowest BCUT2D eigenvalue weighted by atomic mass is 9.94. The van der Waals surface area contributed by atoms with Crippen molar-refractivity contribution >= 4 is 5.69 Å². The van der Waals surface area contributed by atoms with Gasteiger partial charge in [0.2, 0.25) is 0 Å². The molecule has 0 heterocycles. The van der Waals surface area contributed by atoms with Crippen LogP contribution in [-0.2, 0) is 0 Å². The number of hydrogen-bond acceptors (Lipinski definition) is 1. The van der Waals surface area contributed by atoms with Crippen LogP contribution < -0.4 is 5.32 Å². The quantitative estimate of drug-likeness (QED) is 0.625. The maximum atomic E-state index is 13.3.